The Morgan fingerprint density at radius 3 is 2.38 bits per heavy atom. The molecule has 0 radical (unpaired) electrons. The number of nitrogens with one attached hydrogen (secondary N) is 1. The van der Waals surface area contributed by atoms with E-state index in [-0.39, 0.29) is 10.6 Å². The Hall–Kier alpha value is -2.15. The van der Waals surface area contributed by atoms with E-state index in [0.717, 1.165) is 11.6 Å². The Balaban J connectivity index is 2.47. The molecule has 0 amide bonds. The molecule has 0 fully saturated rings. The maximum Gasteiger partial charge on any atom is 0.262 e. The van der Waals surface area contributed by atoms with Crippen LogP contribution in [0.3, 0.4) is 0 Å². The van der Waals surface area contributed by atoms with Gasteiger partial charge in [-0.3, -0.25) is 4.72 Å². The molecule has 3 N–H and O–H groups in total. The molecule has 0 aromatic heterocycles. The predicted octanol–water partition coefficient (Wildman–Crippen LogP) is 2.96. The molecule has 2 aromatic rings. The summed E-state index contributed by atoms with van der Waals surface area (Å²) >= 11 is 0. The molecule has 0 saturated carbocycles. The van der Waals surface area contributed by atoms with Gasteiger partial charge in [-0.25, -0.2) is 17.2 Å². The van der Waals surface area contributed by atoms with Crippen molar-refractivity contribution >= 4 is 21.4 Å². The van der Waals surface area contributed by atoms with Gasteiger partial charge in [0.1, 0.15) is 11.6 Å². The number of anilines is 2. The van der Waals surface area contributed by atoms with Crippen molar-refractivity contribution in [1.29, 1.82) is 0 Å². The number of aryl methyl sites for hydroxylation is 2. The lowest BCUT2D eigenvalue weighted by Gasteiger charge is -2.12. The Morgan fingerprint density at radius 2 is 1.71 bits per heavy atom. The number of halogens is 2. The fraction of sp³-hybridized carbons (Fsp3) is 0.143. The van der Waals surface area contributed by atoms with Gasteiger partial charge in [-0.15, -0.1) is 0 Å². The van der Waals surface area contributed by atoms with Crippen molar-refractivity contribution in [2.45, 2.75) is 18.7 Å². The molecular weight excluding hydrogens is 298 g/mol. The molecule has 0 aliphatic heterocycles. The normalized spacial score (nSPS) is 11.4. The highest BCUT2D eigenvalue weighted by Gasteiger charge is 2.19. The maximum absolute atomic E-state index is 13.6. The molecule has 2 aromatic carbocycles. The van der Waals surface area contributed by atoms with E-state index in [1.165, 1.54) is 6.07 Å². The first-order valence-corrected chi connectivity index (χ1v) is 7.53. The van der Waals surface area contributed by atoms with E-state index in [2.05, 4.69) is 4.72 Å². The zero-order chi connectivity index (χ0) is 15.8. The molecule has 2 rings (SSSR count). The lowest BCUT2D eigenvalue weighted by Crippen LogP contribution is -2.16. The van der Waals surface area contributed by atoms with Crippen LogP contribution >= 0.6 is 0 Å². The molecule has 0 aliphatic carbocycles. The average Bonchev–Trinajstić information content (AvgIpc) is 2.38. The van der Waals surface area contributed by atoms with Crippen LogP contribution in [0.25, 0.3) is 0 Å². The standard InChI is InChI=1S/C14H14F2N2O2S/c1-8-3-4-9(2)14(5-8)21(19,20)18-13-7-12(17)10(15)6-11(13)16/h3-7,18H,17H2,1-2H3. The third kappa shape index (κ3) is 3.13. The zero-order valence-corrected chi connectivity index (χ0v) is 12.3. The number of nitrogen functional groups attached to an aromatic ring is 1. The highest BCUT2D eigenvalue weighted by atomic mass is 32.2. The van der Waals surface area contributed by atoms with Gasteiger partial charge in [-0.05, 0) is 37.1 Å². The van der Waals surface area contributed by atoms with E-state index in [9.17, 15) is 17.2 Å². The number of benzene rings is 2. The summed E-state index contributed by atoms with van der Waals surface area (Å²) in [6.07, 6.45) is 0. The highest BCUT2D eigenvalue weighted by Crippen LogP contribution is 2.25. The van der Waals surface area contributed by atoms with Crippen LogP contribution in [-0.4, -0.2) is 8.42 Å². The molecule has 0 spiro atoms. The van der Waals surface area contributed by atoms with E-state index in [1.807, 2.05) is 0 Å². The van der Waals surface area contributed by atoms with Gasteiger partial charge in [0.25, 0.3) is 10.0 Å². The second kappa shape index (κ2) is 5.33. The fourth-order valence-corrected chi connectivity index (χ4v) is 3.23. The van der Waals surface area contributed by atoms with Crippen LogP contribution in [0.2, 0.25) is 0 Å². The number of nitrogens with two attached hydrogens (primary N) is 1. The average molecular weight is 312 g/mol. The van der Waals surface area contributed by atoms with Crippen LogP contribution in [0.15, 0.2) is 35.2 Å². The molecule has 0 heterocycles. The van der Waals surface area contributed by atoms with Crippen molar-refractivity contribution in [2.24, 2.45) is 0 Å². The van der Waals surface area contributed by atoms with E-state index in [0.29, 0.717) is 11.6 Å². The monoisotopic (exact) mass is 312 g/mol. The Bertz CT molecular complexity index is 805. The Labute approximate surface area is 121 Å². The van der Waals surface area contributed by atoms with Crippen molar-refractivity contribution in [1.82, 2.24) is 0 Å². The van der Waals surface area contributed by atoms with Crippen LogP contribution in [0.5, 0.6) is 0 Å². The largest absolute Gasteiger partial charge is 0.396 e. The molecule has 7 heteroatoms. The van der Waals surface area contributed by atoms with Crippen molar-refractivity contribution in [2.75, 3.05) is 10.5 Å². The maximum atomic E-state index is 13.6. The minimum Gasteiger partial charge on any atom is -0.396 e. The zero-order valence-electron chi connectivity index (χ0n) is 11.4. The van der Waals surface area contributed by atoms with Gasteiger partial charge in [0.05, 0.1) is 16.3 Å². The minimum absolute atomic E-state index is 0.0322. The van der Waals surface area contributed by atoms with Gasteiger partial charge in [0.15, 0.2) is 0 Å². The summed E-state index contributed by atoms with van der Waals surface area (Å²) in [5, 5.41) is 0. The van der Waals surface area contributed by atoms with Crippen LogP contribution in [0.1, 0.15) is 11.1 Å². The Kier molecular flexibility index (Phi) is 3.87. The molecule has 0 aliphatic rings. The smallest absolute Gasteiger partial charge is 0.262 e. The van der Waals surface area contributed by atoms with Gasteiger partial charge in [-0.1, -0.05) is 12.1 Å². The van der Waals surface area contributed by atoms with E-state index in [4.69, 9.17) is 5.73 Å². The highest BCUT2D eigenvalue weighted by molar-refractivity contribution is 7.92. The van der Waals surface area contributed by atoms with Crippen molar-refractivity contribution in [3.8, 4) is 0 Å². The van der Waals surface area contributed by atoms with Gasteiger partial charge in [-0.2, -0.15) is 0 Å². The number of hydrogen-bond donors (Lipinski definition) is 2. The SMILES string of the molecule is Cc1ccc(C)c(S(=O)(=O)Nc2cc(N)c(F)cc2F)c1. The summed E-state index contributed by atoms with van der Waals surface area (Å²) in [6.45, 7) is 3.37. The molecule has 0 saturated heterocycles. The van der Waals surface area contributed by atoms with Gasteiger partial charge in [0, 0.05) is 6.07 Å². The third-order valence-electron chi connectivity index (χ3n) is 2.96. The molecule has 4 nitrogen and oxygen atoms in total. The summed E-state index contributed by atoms with van der Waals surface area (Å²) in [6, 6.07) is 6.34. The first-order valence-electron chi connectivity index (χ1n) is 6.05. The molecule has 112 valence electrons. The number of hydrogen-bond acceptors (Lipinski definition) is 3. The summed E-state index contributed by atoms with van der Waals surface area (Å²) in [5.41, 5.74) is 5.86. The Morgan fingerprint density at radius 1 is 1.05 bits per heavy atom. The third-order valence-corrected chi connectivity index (χ3v) is 4.47. The predicted molar refractivity (Wildman–Crippen MR) is 77.5 cm³/mol. The van der Waals surface area contributed by atoms with Crippen molar-refractivity contribution in [3.63, 3.8) is 0 Å². The minimum atomic E-state index is -3.99. The first-order chi connectivity index (χ1) is 9.70. The van der Waals surface area contributed by atoms with Crippen LogP contribution in [-0.2, 0) is 10.0 Å². The first kappa shape index (κ1) is 15.2. The van der Waals surface area contributed by atoms with E-state index < -0.39 is 27.3 Å². The number of rotatable bonds is 3. The van der Waals surface area contributed by atoms with Crippen LogP contribution < -0.4 is 10.5 Å². The summed E-state index contributed by atoms with van der Waals surface area (Å²) in [7, 11) is -3.99. The van der Waals surface area contributed by atoms with Crippen LogP contribution in [0.4, 0.5) is 20.2 Å². The lowest BCUT2D eigenvalue weighted by atomic mass is 10.2. The molecule has 0 atom stereocenters. The quantitative estimate of drug-likeness (QED) is 0.856. The number of sulfonamides is 1. The van der Waals surface area contributed by atoms with E-state index >= 15 is 0 Å². The van der Waals surface area contributed by atoms with Crippen LogP contribution in [0, 0.1) is 25.5 Å². The second-order valence-corrected chi connectivity index (χ2v) is 6.38. The van der Waals surface area contributed by atoms with Gasteiger partial charge >= 0.3 is 0 Å². The molecule has 0 bridgehead atoms. The topological polar surface area (TPSA) is 72.2 Å². The second-order valence-electron chi connectivity index (χ2n) is 4.73. The lowest BCUT2D eigenvalue weighted by molar-refractivity contribution is 0.585. The van der Waals surface area contributed by atoms with Gasteiger partial charge < -0.3 is 5.73 Å². The van der Waals surface area contributed by atoms with Gasteiger partial charge in [0.2, 0.25) is 0 Å². The van der Waals surface area contributed by atoms with E-state index in [1.54, 1.807) is 26.0 Å². The molecule has 21 heavy (non-hydrogen) atoms. The fourth-order valence-electron chi connectivity index (χ4n) is 1.84. The van der Waals surface area contributed by atoms with Crippen molar-refractivity contribution < 1.29 is 17.2 Å². The summed E-state index contributed by atoms with van der Waals surface area (Å²) in [5.74, 6) is -1.97. The van der Waals surface area contributed by atoms with Crippen molar-refractivity contribution in [3.05, 3.63) is 53.1 Å². The molecular formula is C14H14F2N2O2S. The summed E-state index contributed by atoms with van der Waals surface area (Å²) < 4.78 is 53.4. The molecule has 0 unspecified atom stereocenters. The summed E-state index contributed by atoms with van der Waals surface area (Å²) in [4.78, 5) is 0.0322.